The summed E-state index contributed by atoms with van der Waals surface area (Å²) in [5.41, 5.74) is 2.00. The Morgan fingerprint density at radius 3 is 2.70 bits per heavy atom. The first-order valence-corrected chi connectivity index (χ1v) is 8.91. The van der Waals surface area contributed by atoms with E-state index in [1.807, 2.05) is 13.0 Å². The highest BCUT2D eigenvalue weighted by atomic mass is 31.2. The highest BCUT2D eigenvalue weighted by Gasteiger charge is 2.21. The molecule has 0 bridgehead atoms. The van der Waals surface area contributed by atoms with E-state index in [0.717, 1.165) is 17.6 Å². The van der Waals surface area contributed by atoms with Crippen LogP contribution in [0.4, 0.5) is 0 Å². The first-order chi connectivity index (χ1) is 10.7. The molecule has 1 aliphatic rings. The van der Waals surface area contributed by atoms with Gasteiger partial charge >= 0.3 is 7.75 Å². The van der Waals surface area contributed by atoms with Gasteiger partial charge in [0.2, 0.25) is 0 Å². The molecule has 23 heavy (non-hydrogen) atoms. The van der Waals surface area contributed by atoms with Crippen LogP contribution in [-0.4, -0.2) is 20.7 Å². The van der Waals surface area contributed by atoms with E-state index in [2.05, 4.69) is 5.09 Å². The SMILES string of the molecule is CC(CCC1=C(NP(=O)(O)O)CC(=O)C=C1)c1cccc(O)c1. The molecule has 7 heteroatoms. The maximum Gasteiger partial charge on any atom is 0.427 e. The van der Waals surface area contributed by atoms with E-state index in [1.165, 1.54) is 6.08 Å². The maximum absolute atomic E-state index is 11.5. The van der Waals surface area contributed by atoms with Crippen LogP contribution in [0, 0.1) is 0 Å². The molecule has 1 aromatic carbocycles. The molecule has 0 fully saturated rings. The standard InChI is InChI=1S/C16H20NO5P/c1-11(13-3-2-4-14(18)9-13)5-6-12-7-8-15(19)10-16(12)17-23(20,21)22/h2-4,7-9,11,18H,5-6,10H2,1H3,(H3,17,20,21,22). The molecule has 1 aliphatic carbocycles. The number of carbonyl (C=O) groups excluding carboxylic acids is 1. The minimum Gasteiger partial charge on any atom is -0.508 e. The number of hydrogen-bond donors (Lipinski definition) is 4. The number of phenolic OH excluding ortho intramolecular Hbond substituents is 1. The molecular formula is C16H20NO5P. The number of benzene rings is 1. The Kier molecular flexibility index (Phi) is 5.42. The Morgan fingerprint density at radius 1 is 1.30 bits per heavy atom. The third kappa shape index (κ3) is 5.36. The Morgan fingerprint density at radius 2 is 2.04 bits per heavy atom. The van der Waals surface area contributed by atoms with Crippen molar-refractivity contribution in [2.24, 2.45) is 0 Å². The van der Waals surface area contributed by atoms with Gasteiger partial charge in [-0.1, -0.05) is 25.1 Å². The third-order valence-electron chi connectivity index (χ3n) is 3.78. The van der Waals surface area contributed by atoms with E-state index < -0.39 is 7.75 Å². The average Bonchev–Trinajstić information content (AvgIpc) is 2.44. The average molecular weight is 337 g/mol. The highest BCUT2D eigenvalue weighted by Crippen LogP contribution is 2.34. The van der Waals surface area contributed by atoms with Crippen LogP contribution in [0.1, 0.15) is 37.7 Å². The molecule has 2 rings (SSSR count). The Hall–Kier alpha value is -1.88. The zero-order chi connectivity index (χ0) is 17.0. The quantitative estimate of drug-likeness (QED) is 0.595. The van der Waals surface area contributed by atoms with E-state index in [-0.39, 0.29) is 29.6 Å². The van der Waals surface area contributed by atoms with Crippen LogP contribution in [0.5, 0.6) is 5.75 Å². The number of allylic oxidation sites excluding steroid dienone is 4. The van der Waals surface area contributed by atoms with Crippen molar-refractivity contribution in [1.82, 2.24) is 5.09 Å². The molecule has 1 aromatic rings. The lowest BCUT2D eigenvalue weighted by atomic mass is 9.91. The summed E-state index contributed by atoms with van der Waals surface area (Å²) in [6, 6.07) is 7.01. The van der Waals surface area contributed by atoms with Gasteiger partial charge in [0.15, 0.2) is 5.78 Å². The van der Waals surface area contributed by atoms with E-state index >= 15 is 0 Å². The molecule has 0 saturated carbocycles. The largest absolute Gasteiger partial charge is 0.508 e. The van der Waals surface area contributed by atoms with Crippen molar-refractivity contribution in [3.05, 3.63) is 53.3 Å². The molecule has 0 aromatic heterocycles. The summed E-state index contributed by atoms with van der Waals surface area (Å²) in [5.74, 6) is 0.184. The van der Waals surface area contributed by atoms with Crippen LogP contribution in [-0.2, 0) is 9.36 Å². The van der Waals surface area contributed by atoms with Crippen LogP contribution in [0.3, 0.4) is 0 Å². The van der Waals surface area contributed by atoms with E-state index in [4.69, 9.17) is 9.79 Å². The van der Waals surface area contributed by atoms with Gasteiger partial charge in [-0.3, -0.25) is 9.88 Å². The number of nitrogens with one attached hydrogen (secondary N) is 1. The van der Waals surface area contributed by atoms with Gasteiger partial charge in [-0.05, 0) is 48.1 Å². The molecule has 1 atom stereocenters. The highest BCUT2D eigenvalue weighted by molar-refractivity contribution is 7.49. The lowest BCUT2D eigenvalue weighted by Crippen LogP contribution is -2.17. The predicted molar refractivity (Wildman–Crippen MR) is 86.7 cm³/mol. The fourth-order valence-corrected chi connectivity index (χ4v) is 3.11. The van der Waals surface area contributed by atoms with Gasteiger partial charge in [-0.25, -0.2) is 4.57 Å². The number of carbonyl (C=O) groups is 1. The lowest BCUT2D eigenvalue weighted by Gasteiger charge is -2.19. The van der Waals surface area contributed by atoms with Crippen molar-refractivity contribution < 1.29 is 24.3 Å². The molecule has 124 valence electrons. The zero-order valence-electron chi connectivity index (χ0n) is 12.8. The summed E-state index contributed by atoms with van der Waals surface area (Å²) < 4.78 is 11.1. The van der Waals surface area contributed by atoms with Crippen molar-refractivity contribution in [2.45, 2.75) is 32.1 Å². The molecule has 0 aliphatic heterocycles. The van der Waals surface area contributed by atoms with E-state index in [1.54, 1.807) is 24.3 Å². The fraction of sp³-hybridized carbons (Fsp3) is 0.312. The van der Waals surface area contributed by atoms with Crippen molar-refractivity contribution in [2.75, 3.05) is 0 Å². The van der Waals surface area contributed by atoms with Crippen LogP contribution in [0.25, 0.3) is 0 Å². The summed E-state index contributed by atoms with van der Waals surface area (Å²) >= 11 is 0. The van der Waals surface area contributed by atoms with E-state index in [9.17, 15) is 14.5 Å². The van der Waals surface area contributed by atoms with Gasteiger partial charge in [0, 0.05) is 5.70 Å². The smallest absolute Gasteiger partial charge is 0.427 e. The van der Waals surface area contributed by atoms with Crippen LogP contribution < -0.4 is 5.09 Å². The first-order valence-electron chi connectivity index (χ1n) is 7.30. The Balaban J connectivity index is 2.09. The number of ketones is 1. The summed E-state index contributed by atoms with van der Waals surface area (Å²) in [7, 11) is -4.44. The molecule has 0 heterocycles. The van der Waals surface area contributed by atoms with Gasteiger partial charge in [0.25, 0.3) is 0 Å². The van der Waals surface area contributed by atoms with Crippen molar-refractivity contribution in [3.8, 4) is 5.75 Å². The number of phenols is 1. The van der Waals surface area contributed by atoms with Crippen molar-refractivity contribution >= 4 is 13.5 Å². The Bertz CT molecular complexity index is 704. The van der Waals surface area contributed by atoms with Crippen LogP contribution in [0.2, 0.25) is 0 Å². The fourth-order valence-electron chi connectivity index (χ4n) is 2.53. The first kappa shape index (κ1) is 17.5. The molecule has 1 unspecified atom stereocenters. The lowest BCUT2D eigenvalue weighted by molar-refractivity contribution is -0.114. The molecule has 0 spiro atoms. The van der Waals surface area contributed by atoms with Crippen molar-refractivity contribution in [1.29, 1.82) is 0 Å². The number of hydrogen-bond acceptors (Lipinski definition) is 3. The minimum absolute atomic E-state index is 0.0303. The second kappa shape index (κ2) is 7.13. The summed E-state index contributed by atoms with van der Waals surface area (Å²) in [6.45, 7) is 2.02. The van der Waals surface area contributed by atoms with Gasteiger partial charge in [0.1, 0.15) is 5.75 Å². The molecule has 0 radical (unpaired) electrons. The zero-order valence-corrected chi connectivity index (χ0v) is 13.7. The van der Waals surface area contributed by atoms with Gasteiger partial charge in [-0.15, -0.1) is 0 Å². The van der Waals surface area contributed by atoms with Crippen LogP contribution >= 0.6 is 7.75 Å². The molecule has 6 nitrogen and oxygen atoms in total. The van der Waals surface area contributed by atoms with Crippen molar-refractivity contribution in [3.63, 3.8) is 0 Å². The predicted octanol–water partition coefficient (Wildman–Crippen LogP) is 2.74. The number of aromatic hydroxyl groups is 1. The topological polar surface area (TPSA) is 107 Å². The molecular weight excluding hydrogens is 317 g/mol. The summed E-state index contributed by atoms with van der Waals surface area (Å²) in [6.07, 6.45) is 4.31. The second-order valence-electron chi connectivity index (χ2n) is 5.67. The molecule has 0 saturated heterocycles. The van der Waals surface area contributed by atoms with E-state index in [0.29, 0.717) is 6.42 Å². The monoisotopic (exact) mass is 337 g/mol. The maximum atomic E-state index is 11.5. The van der Waals surface area contributed by atoms with Gasteiger partial charge in [0.05, 0.1) is 6.42 Å². The summed E-state index contributed by atoms with van der Waals surface area (Å²) in [5, 5.41) is 11.7. The van der Waals surface area contributed by atoms with Gasteiger partial charge < -0.3 is 14.9 Å². The molecule has 0 amide bonds. The summed E-state index contributed by atoms with van der Waals surface area (Å²) in [4.78, 5) is 29.6. The second-order valence-corrected chi connectivity index (χ2v) is 6.98. The molecule has 4 N–H and O–H groups in total. The normalized spacial score (nSPS) is 16.6. The third-order valence-corrected chi connectivity index (χ3v) is 4.34. The Labute approximate surface area is 134 Å². The van der Waals surface area contributed by atoms with Crippen LogP contribution in [0.15, 0.2) is 47.7 Å². The number of rotatable bonds is 6. The minimum atomic E-state index is -4.44. The van der Waals surface area contributed by atoms with Gasteiger partial charge in [-0.2, -0.15) is 0 Å².